The lowest BCUT2D eigenvalue weighted by Crippen LogP contribution is -2.47. The molecule has 5 heteroatoms. The van der Waals surface area contributed by atoms with Crippen molar-refractivity contribution >= 4 is 17.5 Å². The molecule has 5 nitrogen and oxygen atoms in total. The Balaban J connectivity index is 1.70. The number of anilines is 1. The van der Waals surface area contributed by atoms with Gasteiger partial charge in [0.25, 0.3) is 0 Å². The Labute approximate surface area is 143 Å². The van der Waals surface area contributed by atoms with Crippen molar-refractivity contribution in [2.45, 2.75) is 45.1 Å². The lowest BCUT2D eigenvalue weighted by Gasteiger charge is -2.37. The van der Waals surface area contributed by atoms with Crippen molar-refractivity contribution in [1.82, 2.24) is 4.90 Å². The smallest absolute Gasteiger partial charge is 0.228 e. The molecule has 3 rings (SSSR count). The molecule has 1 N–H and O–H groups in total. The first-order valence-electron chi connectivity index (χ1n) is 8.88. The van der Waals surface area contributed by atoms with Crippen LogP contribution in [0.25, 0.3) is 0 Å². The van der Waals surface area contributed by atoms with Crippen molar-refractivity contribution in [3.63, 3.8) is 0 Å². The number of hydrogen-bond acceptors (Lipinski definition) is 3. The van der Waals surface area contributed by atoms with E-state index in [1.807, 2.05) is 36.1 Å². The monoisotopic (exact) mass is 330 g/mol. The molecular weight excluding hydrogens is 304 g/mol. The average molecular weight is 330 g/mol. The Morgan fingerprint density at radius 1 is 1.25 bits per heavy atom. The number of aliphatic hydroxyl groups excluding tert-OH is 1. The van der Waals surface area contributed by atoms with E-state index in [0.29, 0.717) is 13.0 Å². The number of likely N-dealkylation sites (tertiary alicyclic amines) is 1. The fourth-order valence-electron chi connectivity index (χ4n) is 3.82. The number of amides is 2. The summed E-state index contributed by atoms with van der Waals surface area (Å²) >= 11 is 0. The summed E-state index contributed by atoms with van der Waals surface area (Å²) in [5.41, 5.74) is 2.02. The maximum atomic E-state index is 12.9. The topological polar surface area (TPSA) is 60.9 Å². The summed E-state index contributed by atoms with van der Waals surface area (Å²) in [5, 5.41) is 9.24. The molecule has 2 aliphatic rings. The van der Waals surface area contributed by atoms with Gasteiger partial charge in [-0.25, -0.2) is 0 Å². The summed E-state index contributed by atoms with van der Waals surface area (Å²) in [6.45, 7) is 3.33. The molecule has 0 aliphatic carbocycles. The van der Waals surface area contributed by atoms with Crippen molar-refractivity contribution in [3.8, 4) is 0 Å². The van der Waals surface area contributed by atoms with Crippen molar-refractivity contribution in [2.24, 2.45) is 5.92 Å². The molecule has 24 heavy (non-hydrogen) atoms. The van der Waals surface area contributed by atoms with Gasteiger partial charge in [0.05, 0.1) is 5.92 Å². The molecule has 2 aliphatic heterocycles. The highest BCUT2D eigenvalue weighted by atomic mass is 16.3. The van der Waals surface area contributed by atoms with E-state index in [1.165, 1.54) is 0 Å². The summed E-state index contributed by atoms with van der Waals surface area (Å²) in [6, 6.07) is 7.98. The van der Waals surface area contributed by atoms with Gasteiger partial charge in [-0.3, -0.25) is 9.59 Å². The molecule has 0 aromatic heterocycles. The van der Waals surface area contributed by atoms with E-state index in [-0.39, 0.29) is 36.8 Å². The molecule has 1 aromatic rings. The van der Waals surface area contributed by atoms with Crippen LogP contribution in [0.4, 0.5) is 5.69 Å². The number of nitrogens with zero attached hydrogens (tertiary/aromatic N) is 2. The second kappa shape index (κ2) is 7.34. The Kier molecular flexibility index (Phi) is 5.19. The van der Waals surface area contributed by atoms with Crippen LogP contribution >= 0.6 is 0 Å². The number of rotatable bonds is 4. The molecule has 2 heterocycles. The third kappa shape index (κ3) is 3.46. The van der Waals surface area contributed by atoms with Gasteiger partial charge in [0, 0.05) is 37.8 Å². The number of piperidine rings is 1. The van der Waals surface area contributed by atoms with E-state index in [4.69, 9.17) is 0 Å². The average Bonchev–Trinajstić information content (AvgIpc) is 2.98. The number of carbonyl (C=O) groups excluding carboxylic acids is 2. The Bertz CT molecular complexity index is 597. The molecule has 2 fully saturated rings. The molecule has 0 saturated carbocycles. The van der Waals surface area contributed by atoms with E-state index in [9.17, 15) is 14.7 Å². The SMILES string of the molecule is Cc1ccc(N2CC(C(=O)N3CCCCC3CCO)CC2=O)cc1. The molecule has 2 atom stereocenters. The highest BCUT2D eigenvalue weighted by Gasteiger charge is 2.39. The largest absolute Gasteiger partial charge is 0.396 e. The van der Waals surface area contributed by atoms with E-state index in [0.717, 1.165) is 37.1 Å². The number of benzene rings is 1. The quantitative estimate of drug-likeness (QED) is 0.920. The molecule has 1 aromatic carbocycles. The Hall–Kier alpha value is -1.88. The number of hydrogen-bond donors (Lipinski definition) is 1. The van der Waals surface area contributed by atoms with Crippen LogP contribution in [0.1, 0.15) is 37.7 Å². The number of aryl methyl sites for hydroxylation is 1. The zero-order valence-electron chi connectivity index (χ0n) is 14.3. The van der Waals surface area contributed by atoms with Crippen LogP contribution in [-0.2, 0) is 9.59 Å². The van der Waals surface area contributed by atoms with Gasteiger partial charge in [-0.1, -0.05) is 17.7 Å². The maximum absolute atomic E-state index is 12.9. The van der Waals surface area contributed by atoms with Gasteiger partial charge in [-0.2, -0.15) is 0 Å². The fourth-order valence-corrected chi connectivity index (χ4v) is 3.82. The van der Waals surface area contributed by atoms with Crippen LogP contribution in [0.3, 0.4) is 0 Å². The van der Waals surface area contributed by atoms with E-state index in [2.05, 4.69) is 0 Å². The van der Waals surface area contributed by atoms with Crippen LogP contribution in [0.5, 0.6) is 0 Å². The van der Waals surface area contributed by atoms with Crippen molar-refractivity contribution in [3.05, 3.63) is 29.8 Å². The highest BCUT2D eigenvalue weighted by molar-refractivity contribution is 6.00. The predicted octanol–water partition coefficient (Wildman–Crippen LogP) is 2.11. The standard InChI is InChI=1S/C19H26N2O3/c1-14-5-7-17(8-6-14)21-13-15(12-18(21)23)19(24)20-10-3-2-4-16(20)9-11-22/h5-8,15-16,22H,2-4,9-13H2,1H3. The van der Waals surface area contributed by atoms with Crippen LogP contribution in [0.2, 0.25) is 0 Å². The fraction of sp³-hybridized carbons (Fsp3) is 0.579. The molecule has 130 valence electrons. The molecule has 0 spiro atoms. The van der Waals surface area contributed by atoms with Gasteiger partial charge < -0.3 is 14.9 Å². The van der Waals surface area contributed by atoms with Gasteiger partial charge in [-0.05, 0) is 44.7 Å². The van der Waals surface area contributed by atoms with Crippen LogP contribution in [0.15, 0.2) is 24.3 Å². The van der Waals surface area contributed by atoms with Gasteiger partial charge in [-0.15, -0.1) is 0 Å². The molecule has 2 amide bonds. The molecule has 0 bridgehead atoms. The van der Waals surface area contributed by atoms with Gasteiger partial charge in [0.2, 0.25) is 11.8 Å². The van der Waals surface area contributed by atoms with Gasteiger partial charge >= 0.3 is 0 Å². The summed E-state index contributed by atoms with van der Waals surface area (Å²) in [7, 11) is 0. The second-order valence-electron chi connectivity index (χ2n) is 6.93. The molecule has 0 radical (unpaired) electrons. The first-order valence-corrected chi connectivity index (χ1v) is 8.88. The third-order valence-corrected chi connectivity index (χ3v) is 5.19. The minimum Gasteiger partial charge on any atom is -0.396 e. The first kappa shape index (κ1) is 17.0. The van der Waals surface area contributed by atoms with Gasteiger partial charge in [0.1, 0.15) is 0 Å². The predicted molar refractivity (Wildman–Crippen MR) is 92.7 cm³/mol. The maximum Gasteiger partial charge on any atom is 0.228 e. The van der Waals surface area contributed by atoms with E-state index < -0.39 is 0 Å². The van der Waals surface area contributed by atoms with E-state index >= 15 is 0 Å². The summed E-state index contributed by atoms with van der Waals surface area (Å²) in [5.74, 6) is -0.165. The minimum atomic E-state index is -0.266. The highest BCUT2D eigenvalue weighted by Crippen LogP contribution is 2.29. The normalized spacial score (nSPS) is 24.5. The van der Waals surface area contributed by atoms with Crippen molar-refractivity contribution in [1.29, 1.82) is 0 Å². The summed E-state index contributed by atoms with van der Waals surface area (Å²) < 4.78 is 0. The Morgan fingerprint density at radius 3 is 2.71 bits per heavy atom. The van der Waals surface area contributed by atoms with Gasteiger partial charge in [0.15, 0.2) is 0 Å². The Morgan fingerprint density at radius 2 is 2.00 bits per heavy atom. The zero-order valence-corrected chi connectivity index (χ0v) is 14.3. The molecule has 2 unspecified atom stereocenters. The summed E-state index contributed by atoms with van der Waals surface area (Å²) in [4.78, 5) is 28.9. The zero-order chi connectivity index (χ0) is 17.1. The second-order valence-corrected chi connectivity index (χ2v) is 6.93. The first-order chi connectivity index (χ1) is 11.6. The lowest BCUT2D eigenvalue weighted by atomic mass is 9.96. The lowest BCUT2D eigenvalue weighted by molar-refractivity contribution is -0.139. The van der Waals surface area contributed by atoms with E-state index in [1.54, 1.807) is 4.90 Å². The van der Waals surface area contributed by atoms with Crippen LogP contribution < -0.4 is 4.90 Å². The summed E-state index contributed by atoms with van der Waals surface area (Å²) in [6.07, 6.45) is 3.99. The number of carbonyl (C=O) groups is 2. The van der Waals surface area contributed by atoms with Crippen molar-refractivity contribution in [2.75, 3.05) is 24.6 Å². The number of aliphatic hydroxyl groups is 1. The van der Waals surface area contributed by atoms with Crippen LogP contribution in [0, 0.1) is 12.8 Å². The van der Waals surface area contributed by atoms with Crippen molar-refractivity contribution < 1.29 is 14.7 Å². The van der Waals surface area contributed by atoms with Crippen LogP contribution in [-0.4, -0.2) is 47.6 Å². The molecular formula is C19H26N2O3. The third-order valence-electron chi connectivity index (χ3n) is 5.19. The molecule has 2 saturated heterocycles. The minimum absolute atomic E-state index is 0.0212.